The van der Waals surface area contributed by atoms with E-state index in [-0.39, 0.29) is 4.90 Å². The van der Waals surface area contributed by atoms with Gasteiger partial charge in [-0.3, -0.25) is 0 Å². The van der Waals surface area contributed by atoms with Crippen molar-refractivity contribution in [1.82, 2.24) is 4.72 Å². The number of aryl methyl sites for hydroxylation is 1. The zero-order valence-corrected chi connectivity index (χ0v) is 11.5. The summed E-state index contributed by atoms with van der Waals surface area (Å²) in [6, 6.07) is 4.73. The van der Waals surface area contributed by atoms with Crippen molar-refractivity contribution in [2.75, 3.05) is 0 Å². The fourth-order valence-electron chi connectivity index (χ4n) is 2.24. The SMILES string of the molecule is Cc1ccc(S(=O)(=O)N[C@@H]2[C@H](O)[C@@H](N)C[C@H]2N)cc1. The molecule has 106 valence electrons. The van der Waals surface area contributed by atoms with Crippen molar-refractivity contribution in [2.24, 2.45) is 11.5 Å². The first-order valence-corrected chi connectivity index (χ1v) is 7.58. The van der Waals surface area contributed by atoms with E-state index in [9.17, 15) is 13.5 Å². The fraction of sp³-hybridized carbons (Fsp3) is 0.500. The van der Waals surface area contributed by atoms with E-state index in [1.165, 1.54) is 12.1 Å². The molecule has 0 saturated heterocycles. The highest BCUT2D eigenvalue weighted by molar-refractivity contribution is 7.89. The summed E-state index contributed by atoms with van der Waals surface area (Å²) >= 11 is 0. The van der Waals surface area contributed by atoms with E-state index in [0.29, 0.717) is 6.42 Å². The van der Waals surface area contributed by atoms with E-state index < -0.39 is 34.3 Å². The van der Waals surface area contributed by atoms with Crippen LogP contribution in [0.15, 0.2) is 29.2 Å². The second-order valence-electron chi connectivity index (χ2n) is 5.01. The Bertz CT molecular complexity index is 544. The molecule has 0 amide bonds. The lowest BCUT2D eigenvalue weighted by molar-refractivity contribution is 0.140. The molecule has 0 heterocycles. The van der Waals surface area contributed by atoms with Gasteiger partial charge in [0.15, 0.2) is 0 Å². The van der Waals surface area contributed by atoms with Crippen molar-refractivity contribution in [1.29, 1.82) is 0 Å². The average molecular weight is 285 g/mol. The largest absolute Gasteiger partial charge is 0.390 e. The number of nitrogens with one attached hydrogen (secondary N) is 1. The average Bonchev–Trinajstić information content (AvgIpc) is 2.56. The molecule has 1 aliphatic rings. The maximum atomic E-state index is 12.2. The number of aliphatic hydroxyl groups is 1. The standard InChI is InChI=1S/C12H19N3O3S/c1-7-2-4-8(5-3-7)19(17,18)15-11-9(13)6-10(14)12(11)16/h2-5,9-12,15-16H,6,13-14H2,1H3/t9-,10+,11+,12-/m1/s1. The zero-order chi connectivity index (χ0) is 14.2. The number of hydrogen-bond acceptors (Lipinski definition) is 5. The normalized spacial score (nSPS) is 31.6. The molecule has 19 heavy (non-hydrogen) atoms. The second kappa shape index (κ2) is 5.18. The van der Waals surface area contributed by atoms with E-state index >= 15 is 0 Å². The van der Waals surface area contributed by atoms with Gasteiger partial charge < -0.3 is 16.6 Å². The first kappa shape index (κ1) is 14.4. The molecule has 1 saturated carbocycles. The van der Waals surface area contributed by atoms with E-state index in [4.69, 9.17) is 11.5 Å². The van der Waals surface area contributed by atoms with Crippen molar-refractivity contribution in [3.8, 4) is 0 Å². The molecule has 2 rings (SSSR count). The number of benzene rings is 1. The van der Waals surface area contributed by atoms with Crippen LogP contribution < -0.4 is 16.2 Å². The van der Waals surface area contributed by atoms with Gasteiger partial charge in [0, 0.05) is 12.1 Å². The molecule has 7 heteroatoms. The van der Waals surface area contributed by atoms with Crippen molar-refractivity contribution < 1.29 is 13.5 Å². The second-order valence-corrected chi connectivity index (χ2v) is 6.73. The predicted molar refractivity (Wildman–Crippen MR) is 71.9 cm³/mol. The highest BCUT2D eigenvalue weighted by Gasteiger charge is 2.41. The van der Waals surface area contributed by atoms with Crippen molar-refractivity contribution >= 4 is 10.0 Å². The predicted octanol–water partition coefficient (Wildman–Crippen LogP) is -0.939. The van der Waals surface area contributed by atoms with Crippen LogP contribution in [-0.2, 0) is 10.0 Å². The third kappa shape index (κ3) is 2.96. The maximum absolute atomic E-state index is 12.2. The summed E-state index contributed by atoms with van der Waals surface area (Å²) in [5, 5.41) is 9.85. The minimum atomic E-state index is -3.70. The van der Waals surface area contributed by atoms with E-state index in [1.807, 2.05) is 6.92 Å². The Hall–Kier alpha value is -0.990. The van der Waals surface area contributed by atoms with Crippen LogP contribution in [0.2, 0.25) is 0 Å². The molecule has 0 radical (unpaired) electrons. The molecule has 0 aliphatic heterocycles. The summed E-state index contributed by atoms with van der Waals surface area (Å²) in [6.07, 6.45) is -0.572. The lowest BCUT2D eigenvalue weighted by Crippen LogP contribution is -2.50. The smallest absolute Gasteiger partial charge is 0.240 e. The van der Waals surface area contributed by atoms with Gasteiger partial charge in [-0.25, -0.2) is 13.1 Å². The van der Waals surface area contributed by atoms with Gasteiger partial charge in [0.25, 0.3) is 0 Å². The molecule has 1 fully saturated rings. The third-order valence-electron chi connectivity index (χ3n) is 3.43. The van der Waals surface area contributed by atoms with Gasteiger partial charge in [-0.1, -0.05) is 17.7 Å². The van der Waals surface area contributed by atoms with Crippen molar-refractivity contribution in [2.45, 2.75) is 42.5 Å². The molecule has 6 N–H and O–H groups in total. The topological polar surface area (TPSA) is 118 Å². The van der Waals surface area contributed by atoms with Gasteiger partial charge in [0.05, 0.1) is 17.0 Å². The summed E-state index contributed by atoms with van der Waals surface area (Å²) in [5.41, 5.74) is 12.4. The molecule has 6 nitrogen and oxygen atoms in total. The molecule has 0 spiro atoms. The van der Waals surface area contributed by atoms with Gasteiger partial charge in [0.1, 0.15) is 0 Å². The summed E-state index contributed by atoms with van der Waals surface area (Å²) in [7, 11) is -3.70. The van der Waals surface area contributed by atoms with Crippen molar-refractivity contribution in [3.63, 3.8) is 0 Å². The summed E-state index contributed by atoms with van der Waals surface area (Å²) in [5.74, 6) is 0. The molecular weight excluding hydrogens is 266 g/mol. The van der Waals surface area contributed by atoms with Gasteiger partial charge in [0.2, 0.25) is 10.0 Å². The highest BCUT2D eigenvalue weighted by Crippen LogP contribution is 2.20. The third-order valence-corrected chi connectivity index (χ3v) is 4.91. The van der Waals surface area contributed by atoms with Gasteiger partial charge in [-0.15, -0.1) is 0 Å². The van der Waals surface area contributed by atoms with Crippen LogP contribution in [0.4, 0.5) is 0 Å². The lowest BCUT2D eigenvalue weighted by Gasteiger charge is -2.21. The van der Waals surface area contributed by atoms with Crippen LogP contribution in [-0.4, -0.2) is 37.8 Å². The monoisotopic (exact) mass is 285 g/mol. The highest BCUT2D eigenvalue weighted by atomic mass is 32.2. The molecule has 0 bridgehead atoms. The van der Waals surface area contributed by atoms with Gasteiger partial charge in [-0.05, 0) is 25.5 Å². The minimum Gasteiger partial charge on any atom is -0.390 e. The van der Waals surface area contributed by atoms with Crippen LogP contribution in [0.25, 0.3) is 0 Å². The van der Waals surface area contributed by atoms with E-state index in [0.717, 1.165) is 5.56 Å². The first-order valence-electron chi connectivity index (χ1n) is 6.09. The number of rotatable bonds is 3. The Labute approximate surface area is 112 Å². The Morgan fingerprint density at radius 2 is 1.79 bits per heavy atom. The van der Waals surface area contributed by atoms with Gasteiger partial charge >= 0.3 is 0 Å². The quantitative estimate of drug-likeness (QED) is 0.571. The van der Waals surface area contributed by atoms with Crippen molar-refractivity contribution in [3.05, 3.63) is 29.8 Å². The van der Waals surface area contributed by atoms with Crippen LogP contribution >= 0.6 is 0 Å². The molecule has 0 unspecified atom stereocenters. The Kier molecular flexibility index (Phi) is 3.93. The van der Waals surface area contributed by atoms with Gasteiger partial charge in [-0.2, -0.15) is 0 Å². The summed E-state index contributed by atoms with van der Waals surface area (Å²) in [4.78, 5) is 0.151. The van der Waals surface area contributed by atoms with Crippen LogP contribution in [0.1, 0.15) is 12.0 Å². The summed E-state index contributed by atoms with van der Waals surface area (Å²) < 4.78 is 26.8. The Morgan fingerprint density at radius 1 is 1.21 bits per heavy atom. The molecule has 1 aromatic rings. The number of nitrogens with two attached hydrogens (primary N) is 2. The number of hydrogen-bond donors (Lipinski definition) is 4. The molecular formula is C12H19N3O3S. The lowest BCUT2D eigenvalue weighted by atomic mass is 10.2. The van der Waals surface area contributed by atoms with E-state index in [1.54, 1.807) is 12.1 Å². The Morgan fingerprint density at radius 3 is 2.26 bits per heavy atom. The molecule has 4 atom stereocenters. The molecule has 1 aliphatic carbocycles. The number of sulfonamides is 1. The van der Waals surface area contributed by atoms with Crippen LogP contribution in [0, 0.1) is 6.92 Å². The van der Waals surface area contributed by atoms with Crippen LogP contribution in [0.3, 0.4) is 0 Å². The van der Waals surface area contributed by atoms with E-state index in [2.05, 4.69) is 4.72 Å². The fourth-order valence-corrected chi connectivity index (χ4v) is 3.54. The zero-order valence-electron chi connectivity index (χ0n) is 10.7. The molecule has 0 aromatic heterocycles. The number of aliphatic hydroxyl groups excluding tert-OH is 1. The Balaban J connectivity index is 2.20. The maximum Gasteiger partial charge on any atom is 0.240 e. The minimum absolute atomic E-state index is 0.151. The molecule has 1 aromatic carbocycles. The van der Waals surface area contributed by atoms with Crippen LogP contribution in [0.5, 0.6) is 0 Å². The first-order chi connectivity index (χ1) is 8.81. The summed E-state index contributed by atoms with van der Waals surface area (Å²) in [6.45, 7) is 1.87.